The fourth-order valence-corrected chi connectivity index (χ4v) is 1.74. The van der Waals surface area contributed by atoms with E-state index in [-0.39, 0.29) is 12.2 Å². The average Bonchev–Trinajstić information content (AvgIpc) is 2.86. The zero-order chi connectivity index (χ0) is 13.8. The Morgan fingerprint density at radius 1 is 1.47 bits per heavy atom. The molecule has 5 nitrogen and oxygen atoms in total. The van der Waals surface area contributed by atoms with Crippen LogP contribution >= 0.6 is 11.6 Å². The normalized spacial score (nSPS) is 10.5. The Bertz CT molecular complexity index is 595. The van der Waals surface area contributed by atoms with Gasteiger partial charge in [0, 0.05) is 11.4 Å². The monoisotopic (exact) mass is 280 g/mol. The highest BCUT2D eigenvalue weighted by atomic mass is 35.5. The molecule has 0 unspecified atom stereocenters. The van der Waals surface area contributed by atoms with Gasteiger partial charge in [-0.15, -0.1) is 0 Å². The third-order valence-electron chi connectivity index (χ3n) is 2.62. The van der Waals surface area contributed by atoms with Gasteiger partial charge in [0.05, 0.1) is 19.1 Å². The number of nitrogens with zero attached hydrogens (tertiary/aromatic N) is 2. The van der Waals surface area contributed by atoms with Crippen LogP contribution in [0, 0.1) is 0 Å². The quantitative estimate of drug-likeness (QED) is 0.842. The standard InChI is InChI=1S/C13H13ClN2O3/c1-3-9(17)7-12-15-13(16-19-12)10-5-4-8(14)6-11(10)18-2/h4-6H,3,7H2,1-2H3. The first-order chi connectivity index (χ1) is 9.13. The predicted molar refractivity (Wildman–Crippen MR) is 70.3 cm³/mol. The summed E-state index contributed by atoms with van der Waals surface area (Å²) in [5.74, 6) is 1.30. The number of ketones is 1. The highest BCUT2D eigenvalue weighted by Crippen LogP contribution is 2.30. The van der Waals surface area contributed by atoms with Crippen molar-refractivity contribution in [3.05, 3.63) is 29.1 Å². The van der Waals surface area contributed by atoms with Crippen molar-refractivity contribution in [2.45, 2.75) is 19.8 Å². The molecule has 0 saturated carbocycles. The number of rotatable bonds is 5. The van der Waals surface area contributed by atoms with E-state index in [9.17, 15) is 4.79 Å². The molecular weight excluding hydrogens is 268 g/mol. The summed E-state index contributed by atoms with van der Waals surface area (Å²) in [5.41, 5.74) is 0.672. The van der Waals surface area contributed by atoms with Gasteiger partial charge in [0.15, 0.2) is 0 Å². The lowest BCUT2D eigenvalue weighted by Gasteiger charge is -2.04. The van der Waals surface area contributed by atoms with Crippen molar-refractivity contribution in [1.29, 1.82) is 0 Å². The van der Waals surface area contributed by atoms with Crippen LogP contribution in [-0.2, 0) is 11.2 Å². The number of hydrogen-bond donors (Lipinski definition) is 0. The molecule has 6 heteroatoms. The molecule has 0 atom stereocenters. The molecule has 0 aliphatic carbocycles. The van der Waals surface area contributed by atoms with Gasteiger partial charge in [0.25, 0.3) is 0 Å². The van der Waals surface area contributed by atoms with Crippen molar-refractivity contribution >= 4 is 17.4 Å². The zero-order valence-electron chi connectivity index (χ0n) is 10.6. The minimum atomic E-state index is 0.0540. The summed E-state index contributed by atoms with van der Waals surface area (Å²) in [6.07, 6.45) is 0.599. The van der Waals surface area contributed by atoms with E-state index in [0.717, 1.165) is 0 Å². The van der Waals surface area contributed by atoms with Gasteiger partial charge in [-0.2, -0.15) is 4.98 Å². The molecule has 1 heterocycles. The molecule has 0 saturated heterocycles. The first-order valence-electron chi connectivity index (χ1n) is 5.82. The van der Waals surface area contributed by atoms with Crippen LogP contribution < -0.4 is 4.74 Å². The van der Waals surface area contributed by atoms with Gasteiger partial charge in [-0.1, -0.05) is 23.7 Å². The number of aromatic nitrogens is 2. The number of carbonyl (C=O) groups excluding carboxylic acids is 1. The van der Waals surface area contributed by atoms with E-state index in [1.807, 2.05) is 0 Å². The van der Waals surface area contributed by atoms with Crippen molar-refractivity contribution < 1.29 is 14.1 Å². The highest BCUT2D eigenvalue weighted by molar-refractivity contribution is 6.30. The highest BCUT2D eigenvalue weighted by Gasteiger charge is 2.15. The van der Waals surface area contributed by atoms with Gasteiger partial charge in [0.1, 0.15) is 11.5 Å². The van der Waals surface area contributed by atoms with Crippen LogP contribution in [0.15, 0.2) is 22.7 Å². The van der Waals surface area contributed by atoms with Crippen molar-refractivity contribution in [3.63, 3.8) is 0 Å². The second-order valence-electron chi connectivity index (χ2n) is 3.93. The summed E-state index contributed by atoms with van der Waals surface area (Å²) >= 11 is 5.89. The molecule has 0 aliphatic heterocycles. The van der Waals surface area contributed by atoms with Gasteiger partial charge in [-0.3, -0.25) is 4.79 Å². The van der Waals surface area contributed by atoms with Gasteiger partial charge in [-0.25, -0.2) is 0 Å². The minimum absolute atomic E-state index is 0.0540. The van der Waals surface area contributed by atoms with Crippen LogP contribution in [0.5, 0.6) is 5.75 Å². The Morgan fingerprint density at radius 2 is 2.26 bits per heavy atom. The van der Waals surface area contributed by atoms with E-state index in [0.29, 0.717) is 34.5 Å². The van der Waals surface area contributed by atoms with Crippen LogP contribution in [-0.4, -0.2) is 23.0 Å². The van der Waals surface area contributed by atoms with Crippen LogP contribution in [0.25, 0.3) is 11.4 Å². The molecule has 0 aliphatic rings. The summed E-state index contributed by atoms with van der Waals surface area (Å²) in [6, 6.07) is 5.13. The van der Waals surface area contributed by atoms with Crippen LogP contribution in [0.2, 0.25) is 5.02 Å². The number of hydrogen-bond acceptors (Lipinski definition) is 5. The van der Waals surface area contributed by atoms with Crippen LogP contribution in [0.1, 0.15) is 19.2 Å². The summed E-state index contributed by atoms with van der Waals surface area (Å²) in [4.78, 5) is 15.5. The van der Waals surface area contributed by atoms with Crippen LogP contribution in [0.3, 0.4) is 0 Å². The molecule has 1 aromatic carbocycles. The average molecular weight is 281 g/mol. The molecule has 0 amide bonds. The van der Waals surface area contributed by atoms with Gasteiger partial charge in [-0.05, 0) is 18.2 Å². The fraction of sp³-hybridized carbons (Fsp3) is 0.308. The van der Waals surface area contributed by atoms with Crippen LogP contribution in [0.4, 0.5) is 0 Å². The summed E-state index contributed by atoms with van der Waals surface area (Å²) < 4.78 is 10.3. The fourth-order valence-electron chi connectivity index (χ4n) is 1.58. The number of benzene rings is 1. The maximum absolute atomic E-state index is 11.3. The predicted octanol–water partition coefficient (Wildman–Crippen LogP) is 2.92. The van der Waals surface area contributed by atoms with Gasteiger partial charge >= 0.3 is 0 Å². The molecular formula is C13H13ClN2O3. The molecule has 1 aromatic heterocycles. The second kappa shape index (κ2) is 5.84. The SMILES string of the molecule is CCC(=O)Cc1nc(-c2ccc(Cl)cc2OC)no1. The lowest BCUT2D eigenvalue weighted by atomic mass is 10.2. The Labute approximate surface area is 115 Å². The number of carbonyl (C=O) groups is 1. The number of halogens is 1. The third kappa shape index (κ3) is 3.12. The van der Waals surface area contributed by atoms with E-state index in [1.54, 1.807) is 25.1 Å². The molecule has 0 N–H and O–H groups in total. The summed E-state index contributed by atoms with van der Waals surface area (Å²) in [6.45, 7) is 1.79. The van der Waals surface area contributed by atoms with Gasteiger partial charge in [0.2, 0.25) is 11.7 Å². The Kier molecular flexibility index (Phi) is 4.16. The number of ether oxygens (including phenoxy) is 1. The van der Waals surface area contributed by atoms with Crippen molar-refractivity contribution in [2.75, 3.05) is 7.11 Å². The first kappa shape index (κ1) is 13.5. The minimum Gasteiger partial charge on any atom is -0.496 e. The third-order valence-corrected chi connectivity index (χ3v) is 2.85. The molecule has 19 heavy (non-hydrogen) atoms. The second-order valence-corrected chi connectivity index (χ2v) is 4.36. The number of Topliss-reactive ketones (excluding diaryl/α,β-unsaturated/α-hetero) is 1. The lowest BCUT2D eigenvalue weighted by molar-refractivity contribution is -0.118. The van der Waals surface area contributed by atoms with Crippen molar-refractivity contribution in [1.82, 2.24) is 10.1 Å². The molecule has 0 fully saturated rings. The van der Waals surface area contributed by atoms with Crippen molar-refractivity contribution in [2.24, 2.45) is 0 Å². The molecule has 2 rings (SSSR count). The zero-order valence-corrected chi connectivity index (χ0v) is 11.4. The molecule has 0 radical (unpaired) electrons. The Hall–Kier alpha value is -1.88. The maximum atomic E-state index is 11.3. The van der Waals surface area contributed by atoms with E-state index in [1.165, 1.54) is 7.11 Å². The Morgan fingerprint density at radius 3 is 2.95 bits per heavy atom. The molecule has 0 bridgehead atoms. The van der Waals surface area contributed by atoms with E-state index in [4.69, 9.17) is 20.9 Å². The van der Waals surface area contributed by atoms with E-state index in [2.05, 4.69) is 10.1 Å². The molecule has 0 spiro atoms. The number of methoxy groups -OCH3 is 1. The largest absolute Gasteiger partial charge is 0.496 e. The summed E-state index contributed by atoms with van der Waals surface area (Å²) in [5, 5.41) is 4.41. The van der Waals surface area contributed by atoms with E-state index < -0.39 is 0 Å². The topological polar surface area (TPSA) is 65.2 Å². The van der Waals surface area contributed by atoms with E-state index >= 15 is 0 Å². The molecule has 2 aromatic rings. The lowest BCUT2D eigenvalue weighted by Crippen LogP contribution is -2.00. The first-order valence-corrected chi connectivity index (χ1v) is 6.20. The summed E-state index contributed by atoms with van der Waals surface area (Å²) in [7, 11) is 1.54. The van der Waals surface area contributed by atoms with Crippen molar-refractivity contribution in [3.8, 4) is 17.1 Å². The Balaban J connectivity index is 2.30. The van der Waals surface area contributed by atoms with Gasteiger partial charge < -0.3 is 9.26 Å². The smallest absolute Gasteiger partial charge is 0.234 e. The molecule has 100 valence electrons. The maximum Gasteiger partial charge on any atom is 0.234 e.